The number of ether oxygens (including phenoxy) is 1. The van der Waals surface area contributed by atoms with Crippen molar-refractivity contribution >= 4 is 22.9 Å². The van der Waals surface area contributed by atoms with Crippen LogP contribution in [-0.4, -0.2) is 32.7 Å². The van der Waals surface area contributed by atoms with E-state index < -0.39 is 0 Å². The highest BCUT2D eigenvalue weighted by atomic mass is 32.1. The number of anilines is 1. The molecule has 0 spiro atoms. The Morgan fingerprint density at radius 3 is 2.96 bits per heavy atom. The Balaban J connectivity index is 1.56. The monoisotopic (exact) mass is 330 g/mol. The molecule has 122 valence electrons. The van der Waals surface area contributed by atoms with E-state index in [1.807, 2.05) is 36.6 Å². The van der Waals surface area contributed by atoms with Crippen molar-refractivity contribution in [3.05, 3.63) is 46.2 Å². The smallest absolute Gasteiger partial charge is 0.261 e. The van der Waals surface area contributed by atoms with Gasteiger partial charge in [-0.3, -0.25) is 4.79 Å². The molecule has 1 saturated heterocycles. The minimum Gasteiger partial charge on any atom is -0.495 e. The van der Waals surface area contributed by atoms with Crippen LogP contribution in [0.3, 0.4) is 0 Å². The van der Waals surface area contributed by atoms with Gasteiger partial charge in [-0.25, -0.2) is 0 Å². The topological polar surface area (TPSA) is 41.6 Å². The SMILES string of the molecule is COc1ccccc1N1CCC(CNC(=O)c2sccc2C)C1. The van der Waals surface area contributed by atoms with E-state index in [0.717, 1.165) is 47.9 Å². The van der Waals surface area contributed by atoms with Gasteiger partial charge >= 0.3 is 0 Å². The van der Waals surface area contributed by atoms with Crippen molar-refractivity contribution in [1.82, 2.24) is 5.32 Å². The average Bonchev–Trinajstić information content (AvgIpc) is 3.21. The van der Waals surface area contributed by atoms with Gasteiger partial charge in [-0.1, -0.05) is 12.1 Å². The molecule has 1 aromatic carbocycles. The third-order valence-corrected chi connectivity index (χ3v) is 5.35. The molecule has 2 heterocycles. The summed E-state index contributed by atoms with van der Waals surface area (Å²) in [7, 11) is 1.70. The van der Waals surface area contributed by atoms with Crippen LogP contribution in [0.25, 0.3) is 0 Å². The van der Waals surface area contributed by atoms with Crippen molar-refractivity contribution in [2.24, 2.45) is 5.92 Å². The van der Waals surface area contributed by atoms with Gasteiger partial charge in [0.25, 0.3) is 5.91 Å². The van der Waals surface area contributed by atoms with Gasteiger partial charge in [0, 0.05) is 19.6 Å². The van der Waals surface area contributed by atoms with Crippen LogP contribution in [0.5, 0.6) is 5.75 Å². The fraction of sp³-hybridized carbons (Fsp3) is 0.389. The number of benzene rings is 1. The third-order valence-electron chi connectivity index (χ3n) is 4.33. The molecule has 0 saturated carbocycles. The predicted molar refractivity (Wildman–Crippen MR) is 94.7 cm³/mol. The summed E-state index contributed by atoms with van der Waals surface area (Å²) in [5, 5.41) is 5.04. The number of carbonyl (C=O) groups excluding carboxylic acids is 1. The van der Waals surface area contributed by atoms with Gasteiger partial charge in [0.15, 0.2) is 0 Å². The Kier molecular flexibility index (Phi) is 4.86. The normalized spacial score (nSPS) is 17.3. The Labute approximate surface area is 141 Å². The Hall–Kier alpha value is -2.01. The lowest BCUT2D eigenvalue weighted by atomic mass is 10.1. The first kappa shape index (κ1) is 15.9. The van der Waals surface area contributed by atoms with Gasteiger partial charge in [-0.05, 0) is 48.4 Å². The molecular formula is C18H22N2O2S. The molecule has 0 aliphatic carbocycles. The lowest BCUT2D eigenvalue weighted by Gasteiger charge is -2.21. The number of aryl methyl sites for hydroxylation is 1. The largest absolute Gasteiger partial charge is 0.495 e. The van der Waals surface area contributed by atoms with Crippen LogP contribution >= 0.6 is 11.3 Å². The van der Waals surface area contributed by atoms with E-state index >= 15 is 0 Å². The number of amides is 1. The quantitative estimate of drug-likeness (QED) is 0.914. The summed E-state index contributed by atoms with van der Waals surface area (Å²) in [4.78, 5) is 15.4. The first-order valence-electron chi connectivity index (χ1n) is 7.89. The molecule has 1 N–H and O–H groups in total. The highest BCUT2D eigenvalue weighted by Crippen LogP contribution is 2.31. The highest BCUT2D eigenvalue weighted by Gasteiger charge is 2.25. The maximum atomic E-state index is 12.2. The van der Waals surface area contributed by atoms with Gasteiger partial charge < -0.3 is 15.0 Å². The zero-order chi connectivity index (χ0) is 16.2. The summed E-state index contributed by atoms with van der Waals surface area (Å²) < 4.78 is 5.44. The van der Waals surface area contributed by atoms with Crippen molar-refractivity contribution in [2.75, 3.05) is 31.6 Å². The van der Waals surface area contributed by atoms with Crippen LogP contribution < -0.4 is 15.0 Å². The summed E-state index contributed by atoms with van der Waals surface area (Å²) in [6.45, 7) is 4.65. The van der Waals surface area contributed by atoms with E-state index in [-0.39, 0.29) is 5.91 Å². The van der Waals surface area contributed by atoms with Gasteiger partial charge in [-0.2, -0.15) is 0 Å². The molecule has 1 aliphatic heterocycles. The lowest BCUT2D eigenvalue weighted by molar-refractivity contribution is 0.0952. The third kappa shape index (κ3) is 3.50. The fourth-order valence-electron chi connectivity index (χ4n) is 3.03. The molecule has 4 nitrogen and oxygen atoms in total. The molecule has 5 heteroatoms. The summed E-state index contributed by atoms with van der Waals surface area (Å²) >= 11 is 1.50. The number of hydrogen-bond donors (Lipinski definition) is 1. The Bertz CT molecular complexity index is 683. The first-order valence-corrected chi connectivity index (χ1v) is 8.77. The van der Waals surface area contributed by atoms with Crippen molar-refractivity contribution in [3.8, 4) is 5.75 Å². The predicted octanol–water partition coefficient (Wildman–Crippen LogP) is 3.32. The second-order valence-electron chi connectivity index (χ2n) is 5.92. The highest BCUT2D eigenvalue weighted by molar-refractivity contribution is 7.12. The lowest BCUT2D eigenvalue weighted by Crippen LogP contribution is -2.31. The summed E-state index contributed by atoms with van der Waals surface area (Å²) in [6.07, 6.45) is 1.09. The number of methoxy groups -OCH3 is 1. The number of thiophene rings is 1. The molecular weight excluding hydrogens is 308 g/mol. The Morgan fingerprint density at radius 2 is 2.22 bits per heavy atom. The summed E-state index contributed by atoms with van der Waals surface area (Å²) in [6, 6.07) is 10.1. The molecule has 23 heavy (non-hydrogen) atoms. The summed E-state index contributed by atoms with van der Waals surface area (Å²) in [5.74, 6) is 1.43. The number of nitrogens with zero attached hydrogens (tertiary/aromatic N) is 1. The van der Waals surface area contributed by atoms with Crippen LogP contribution in [0.2, 0.25) is 0 Å². The molecule has 1 amide bonds. The molecule has 2 aromatic rings. The number of nitrogens with one attached hydrogen (secondary N) is 1. The molecule has 1 unspecified atom stereocenters. The van der Waals surface area contributed by atoms with E-state index in [0.29, 0.717) is 5.92 Å². The number of carbonyl (C=O) groups is 1. The molecule has 1 aliphatic rings. The number of hydrogen-bond acceptors (Lipinski definition) is 4. The second-order valence-corrected chi connectivity index (χ2v) is 6.83. The minimum atomic E-state index is 0.0493. The maximum absolute atomic E-state index is 12.2. The van der Waals surface area contributed by atoms with Crippen molar-refractivity contribution in [2.45, 2.75) is 13.3 Å². The van der Waals surface area contributed by atoms with Crippen LogP contribution in [0.4, 0.5) is 5.69 Å². The Morgan fingerprint density at radius 1 is 1.39 bits per heavy atom. The second kappa shape index (κ2) is 7.04. The fourth-order valence-corrected chi connectivity index (χ4v) is 3.87. The van der Waals surface area contributed by atoms with Gasteiger partial charge in [0.1, 0.15) is 5.75 Å². The van der Waals surface area contributed by atoms with Crippen LogP contribution in [0.1, 0.15) is 21.7 Å². The molecule has 0 radical (unpaired) electrons. The number of rotatable bonds is 5. The van der Waals surface area contributed by atoms with Crippen molar-refractivity contribution < 1.29 is 9.53 Å². The average molecular weight is 330 g/mol. The molecule has 1 aromatic heterocycles. The molecule has 1 fully saturated rings. The van der Waals surface area contributed by atoms with E-state index in [1.54, 1.807) is 7.11 Å². The van der Waals surface area contributed by atoms with Gasteiger partial charge in [0.05, 0.1) is 17.7 Å². The van der Waals surface area contributed by atoms with E-state index in [1.165, 1.54) is 11.3 Å². The van der Waals surface area contributed by atoms with E-state index in [9.17, 15) is 4.79 Å². The van der Waals surface area contributed by atoms with E-state index in [2.05, 4.69) is 16.3 Å². The van der Waals surface area contributed by atoms with Gasteiger partial charge in [-0.15, -0.1) is 11.3 Å². The van der Waals surface area contributed by atoms with Crippen molar-refractivity contribution in [1.29, 1.82) is 0 Å². The molecule has 0 bridgehead atoms. The maximum Gasteiger partial charge on any atom is 0.261 e. The van der Waals surface area contributed by atoms with Gasteiger partial charge in [0.2, 0.25) is 0 Å². The van der Waals surface area contributed by atoms with E-state index in [4.69, 9.17) is 4.74 Å². The molecule has 3 rings (SSSR count). The van der Waals surface area contributed by atoms with Crippen LogP contribution in [-0.2, 0) is 0 Å². The standard InChI is InChI=1S/C18H22N2O2S/c1-13-8-10-23-17(13)18(21)19-11-14-7-9-20(12-14)15-5-3-4-6-16(15)22-2/h3-6,8,10,14H,7,9,11-12H2,1-2H3,(H,19,21). The van der Waals surface area contributed by atoms with Crippen LogP contribution in [0.15, 0.2) is 35.7 Å². The zero-order valence-electron chi connectivity index (χ0n) is 13.5. The van der Waals surface area contributed by atoms with Crippen LogP contribution in [0, 0.1) is 12.8 Å². The first-order chi connectivity index (χ1) is 11.2. The molecule has 1 atom stereocenters. The zero-order valence-corrected chi connectivity index (χ0v) is 14.4. The summed E-state index contributed by atoms with van der Waals surface area (Å²) in [5.41, 5.74) is 2.19. The minimum absolute atomic E-state index is 0.0493. The number of para-hydroxylation sites is 2. The van der Waals surface area contributed by atoms with Crippen molar-refractivity contribution in [3.63, 3.8) is 0 Å².